The Bertz CT molecular complexity index is 548. The molecule has 0 aliphatic heterocycles. The maximum absolute atomic E-state index is 10.5. The van der Waals surface area contributed by atoms with Crippen LogP contribution in [0.25, 0.3) is 0 Å². The standard InChI is InChI=1S/C13H13NO3S/c1-9-7-18-8-12(9)13(15)6-10-2-4-11(5-3-10)14(16)17/h2-5,7-8,13,15H,6H2,1H3. The summed E-state index contributed by atoms with van der Waals surface area (Å²) in [6.45, 7) is 1.96. The Morgan fingerprint density at radius 2 is 2.00 bits per heavy atom. The van der Waals surface area contributed by atoms with Crippen LogP contribution in [0.4, 0.5) is 5.69 Å². The number of aliphatic hydroxyl groups excluding tert-OH is 1. The summed E-state index contributed by atoms with van der Waals surface area (Å²) in [5.41, 5.74) is 2.96. The summed E-state index contributed by atoms with van der Waals surface area (Å²) in [5.74, 6) is 0. The van der Waals surface area contributed by atoms with Crippen molar-refractivity contribution < 1.29 is 10.0 Å². The third-order valence-electron chi connectivity index (χ3n) is 2.83. The van der Waals surface area contributed by atoms with Gasteiger partial charge < -0.3 is 5.11 Å². The number of benzene rings is 1. The minimum absolute atomic E-state index is 0.0694. The van der Waals surface area contributed by atoms with Gasteiger partial charge in [0.25, 0.3) is 5.69 Å². The van der Waals surface area contributed by atoms with Crippen LogP contribution in [0.1, 0.15) is 22.8 Å². The second-order valence-corrected chi connectivity index (χ2v) is 4.90. The monoisotopic (exact) mass is 263 g/mol. The molecule has 0 saturated carbocycles. The number of nitrogens with zero attached hydrogens (tertiary/aromatic N) is 1. The zero-order valence-electron chi connectivity index (χ0n) is 9.87. The van der Waals surface area contributed by atoms with Crippen molar-refractivity contribution in [2.75, 3.05) is 0 Å². The Morgan fingerprint density at radius 1 is 1.33 bits per heavy atom. The number of aliphatic hydroxyl groups is 1. The lowest BCUT2D eigenvalue weighted by Crippen LogP contribution is -2.02. The summed E-state index contributed by atoms with van der Waals surface area (Å²) < 4.78 is 0. The summed E-state index contributed by atoms with van der Waals surface area (Å²) in [5, 5.41) is 24.5. The van der Waals surface area contributed by atoms with Gasteiger partial charge in [-0.2, -0.15) is 11.3 Å². The number of hydrogen-bond acceptors (Lipinski definition) is 4. The summed E-state index contributed by atoms with van der Waals surface area (Å²) >= 11 is 1.56. The Hall–Kier alpha value is -1.72. The molecular weight excluding hydrogens is 250 g/mol. The molecule has 0 saturated heterocycles. The number of non-ortho nitro benzene ring substituents is 1. The summed E-state index contributed by atoms with van der Waals surface area (Å²) in [4.78, 5) is 10.1. The van der Waals surface area contributed by atoms with Crippen LogP contribution in [0.2, 0.25) is 0 Å². The minimum Gasteiger partial charge on any atom is -0.388 e. The van der Waals surface area contributed by atoms with Gasteiger partial charge in [0.05, 0.1) is 11.0 Å². The fraction of sp³-hybridized carbons (Fsp3) is 0.231. The van der Waals surface area contributed by atoms with Crippen LogP contribution in [-0.2, 0) is 6.42 Å². The molecule has 0 amide bonds. The molecule has 1 atom stereocenters. The van der Waals surface area contributed by atoms with E-state index in [9.17, 15) is 15.2 Å². The Morgan fingerprint density at radius 3 is 2.50 bits per heavy atom. The lowest BCUT2D eigenvalue weighted by atomic mass is 10.0. The van der Waals surface area contributed by atoms with Gasteiger partial charge >= 0.3 is 0 Å². The maximum atomic E-state index is 10.5. The molecule has 0 radical (unpaired) electrons. The van der Waals surface area contributed by atoms with Gasteiger partial charge in [0.15, 0.2) is 0 Å². The van der Waals surface area contributed by atoms with E-state index >= 15 is 0 Å². The molecule has 18 heavy (non-hydrogen) atoms. The highest BCUT2D eigenvalue weighted by atomic mass is 32.1. The molecule has 0 aliphatic carbocycles. The molecule has 1 aromatic carbocycles. The molecule has 1 N–H and O–H groups in total. The van der Waals surface area contributed by atoms with Crippen LogP contribution in [0.15, 0.2) is 35.0 Å². The first-order valence-electron chi connectivity index (χ1n) is 5.52. The molecule has 1 aromatic heterocycles. The zero-order valence-corrected chi connectivity index (χ0v) is 10.7. The number of aryl methyl sites for hydroxylation is 1. The molecule has 1 heterocycles. The quantitative estimate of drug-likeness (QED) is 0.680. The van der Waals surface area contributed by atoms with Crippen LogP contribution >= 0.6 is 11.3 Å². The largest absolute Gasteiger partial charge is 0.388 e. The van der Waals surface area contributed by atoms with Crippen molar-refractivity contribution in [3.63, 3.8) is 0 Å². The van der Waals surface area contributed by atoms with E-state index in [-0.39, 0.29) is 5.69 Å². The zero-order chi connectivity index (χ0) is 13.1. The van der Waals surface area contributed by atoms with E-state index < -0.39 is 11.0 Å². The van der Waals surface area contributed by atoms with E-state index in [4.69, 9.17) is 0 Å². The minimum atomic E-state index is -0.558. The SMILES string of the molecule is Cc1cscc1C(O)Cc1ccc([N+](=O)[O-])cc1. The highest BCUT2D eigenvalue weighted by Crippen LogP contribution is 2.25. The van der Waals surface area contributed by atoms with Crippen molar-refractivity contribution in [1.29, 1.82) is 0 Å². The van der Waals surface area contributed by atoms with Crippen LogP contribution in [0.5, 0.6) is 0 Å². The van der Waals surface area contributed by atoms with E-state index in [0.29, 0.717) is 6.42 Å². The summed E-state index contributed by atoms with van der Waals surface area (Å²) in [6, 6.07) is 6.29. The maximum Gasteiger partial charge on any atom is 0.269 e. The van der Waals surface area contributed by atoms with Crippen LogP contribution in [-0.4, -0.2) is 10.0 Å². The normalized spacial score (nSPS) is 12.3. The number of nitro benzene ring substituents is 1. The second-order valence-electron chi connectivity index (χ2n) is 4.15. The molecule has 2 aromatic rings. The first-order chi connectivity index (χ1) is 8.58. The fourth-order valence-electron chi connectivity index (χ4n) is 1.80. The average Bonchev–Trinajstić information content (AvgIpc) is 2.76. The highest BCUT2D eigenvalue weighted by Gasteiger charge is 2.13. The average molecular weight is 263 g/mol. The van der Waals surface area contributed by atoms with Gasteiger partial charge in [-0.05, 0) is 34.4 Å². The first-order valence-corrected chi connectivity index (χ1v) is 6.46. The van der Waals surface area contributed by atoms with Gasteiger partial charge in [-0.25, -0.2) is 0 Å². The predicted octanol–water partition coefficient (Wildman–Crippen LogP) is 3.24. The molecule has 94 valence electrons. The molecular formula is C13H13NO3S. The van der Waals surface area contributed by atoms with Crippen molar-refractivity contribution >= 4 is 17.0 Å². The molecule has 0 spiro atoms. The molecule has 1 unspecified atom stereocenters. The summed E-state index contributed by atoms with van der Waals surface area (Å²) in [6.07, 6.45) is -0.0899. The third-order valence-corrected chi connectivity index (χ3v) is 3.71. The van der Waals surface area contributed by atoms with Crippen LogP contribution < -0.4 is 0 Å². The molecule has 4 nitrogen and oxygen atoms in total. The molecule has 0 aliphatic rings. The van der Waals surface area contributed by atoms with Crippen molar-refractivity contribution in [3.05, 3.63) is 61.8 Å². The molecule has 2 rings (SSSR count). The number of thiophene rings is 1. The Balaban J connectivity index is 2.10. The predicted molar refractivity (Wildman–Crippen MR) is 70.8 cm³/mol. The lowest BCUT2D eigenvalue weighted by molar-refractivity contribution is -0.384. The molecule has 5 heteroatoms. The van der Waals surface area contributed by atoms with Gasteiger partial charge in [-0.3, -0.25) is 10.1 Å². The van der Waals surface area contributed by atoms with E-state index in [1.807, 2.05) is 17.7 Å². The Labute approximate surface area is 109 Å². The van der Waals surface area contributed by atoms with Gasteiger partial charge in [0.1, 0.15) is 0 Å². The van der Waals surface area contributed by atoms with Gasteiger partial charge in [0.2, 0.25) is 0 Å². The Kier molecular flexibility index (Phi) is 3.74. The lowest BCUT2D eigenvalue weighted by Gasteiger charge is -2.10. The van der Waals surface area contributed by atoms with Gasteiger partial charge in [0, 0.05) is 18.6 Å². The molecule has 0 bridgehead atoms. The molecule has 0 fully saturated rings. The van der Waals surface area contributed by atoms with E-state index in [1.54, 1.807) is 23.5 Å². The van der Waals surface area contributed by atoms with Crippen LogP contribution in [0.3, 0.4) is 0 Å². The summed E-state index contributed by atoms with van der Waals surface area (Å²) in [7, 11) is 0. The van der Waals surface area contributed by atoms with Crippen molar-refractivity contribution in [1.82, 2.24) is 0 Å². The second kappa shape index (κ2) is 5.29. The van der Waals surface area contributed by atoms with Crippen molar-refractivity contribution in [2.45, 2.75) is 19.4 Å². The van der Waals surface area contributed by atoms with E-state index in [2.05, 4.69) is 0 Å². The number of nitro groups is 1. The van der Waals surface area contributed by atoms with Gasteiger partial charge in [-0.15, -0.1) is 0 Å². The third kappa shape index (κ3) is 2.75. The fourth-order valence-corrected chi connectivity index (χ4v) is 2.70. The van der Waals surface area contributed by atoms with Crippen molar-refractivity contribution in [2.24, 2.45) is 0 Å². The topological polar surface area (TPSA) is 63.4 Å². The van der Waals surface area contributed by atoms with Gasteiger partial charge in [-0.1, -0.05) is 12.1 Å². The number of rotatable bonds is 4. The highest BCUT2D eigenvalue weighted by molar-refractivity contribution is 7.08. The smallest absolute Gasteiger partial charge is 0.269 e. The van der Waals surface area contributed by atoms with E-state index in [1.165, 1.54) is 12.1 Å². The van der Waals surface area contributed by atoms with Crippen molar-refractivity contribution in [3.8, 4) is 0 Å². The number of hydrogen-bond donors (Lipinski definition) is 1. The first kappa shape index (κ1) is 12.7. The van der Waals surface area contributed by atoms with Crippen LogP contribution in [0, 0.1) is 17.0 Å². The van der Waals surface area contributed by atoms with E-state index in [0.717, 1.165) is 16.7 Å².